The number of nitro groups is 1. The number of benzene rings is 1. The minimum absolute atomic E-state index is 0.0655. The molecule has 0 heterocycles. The Balaban J connectivity index is 2.76. The number of nitrogens with zero attached hydrogens (tertiary/aromatic N) is 1. The van der Waals surface area contributed by atoms with E-state index in [0.717, 1.165) is 18.2 Å². The lowest BCUT2D eigenvalue weighted by atomic mass is 10.1. The van der Waals surface area contributed by atoms with Gasteiger partial charge < -0.3 is 10.1 Å². The van der Waals surface area contributed by atoms with Crippen LogP contribution in [-0.4, -0.2) is 31.1 Å². The van der Waals surface area contributed by atoms with Gasteiger partial charge in [-0.25, -0.2) is 4.39 Å². The van der Waals surface area contributed by atoms with Crippen molar-refractivity contribution in [3.63, 3.8) is 0 Å². The van der Waals surface area contributed by atoms with Crippen molar-refractivity contribution >= 4 is 11.6 Å². The van der Waals surface area contributed by atoms with Crippen LogP contribution in [0.1, 0.15) is 17.3 Å². The molecule has 0 aliphatic rings. The topological polar surface area (TPSA) is 81.5 Å². The molecule has 0 aliphatic heterocycles. The first-order chi connectivity index (χ1) is 8.95. The van der Waals surface area contributed by atoms with Crippen LogP contribution in [0, 0.1) is 21.8 Å². The Morgan fingerprint density at radius 2 is 2.26 bits per heavy atom. The summed E-state index contributed by atoms with van der Waals surface area (Å²) < 4.78 is 18.3. The number of nitrogens with one attached hydrogen (secondary N) is 1. The molecule has 0 spiro atoms. The molecule has 1 atom stereocenters. The summed E-state index contributed by atoms with van der Waals surface area (Å²) in [5, 5.41) is 13.1. The van der Waals surface area contributed by atoms with Crippen molar-refractivity contribution in [1.29, 1.82) is 0 Å². The summed E-state index contributed by atoms with van der Waals surface area (Å²) in [6.45, 7) is 2.61. The van der Waals surface area contributed by atoms with E-state index in [1.165, 1.54) is 0 Å². The molecule has 1 amide bonds. The molecule has 1 aromatic carbocycles. The predicted octanol–water partition coefficient (Wildman–Crippen LogP) is 1.75. The Kier molecular flexibility index (Phi) is 5.37. The highest BCUT2D eigenvalue weighted by molar-refractivity contribution is 5.95. The van der Waals surface area contributed by atoms with Gasteiger partial charge in [-0.2, -0.15) is 0 Å². The van der Waals surface area contributed by atoms with Crippen molar-refractivity contribution in [1.82, 2.24) is 5.32 Å². The summed E-state index contributed by atoms with van der Waals surface area (Å²) in [6.07, 6.45) is 0. The van der Waals surface area contributed by atoms with Crippen LogP contribution in [0.5, 0.6) is 0 Å². The highest BCUT2D eigenvalue weighted by Crippen LogP contribution is 2.16. The number of carbonyl (C=O) groups is 1. The first-order valence-electron chi connectivity index (χ1n) is 5.66. The number of rotatable bonds is 6. The van der Waals surface area contributed by atoms with Gasteiger partial charge >= 0.3 is 0 Å². The average Bonchev–Trinajstić information content (AvgIpc) is 2.36. The molecule has 0 fully saturated rings. The molecule has 6 nitrogen and oxygen atoms in total. The Hall–Kier alpha value is -2.02. The van der Waals surface area contributed by atoms with Crippen LogP contribution in [0.25, 0.3) is 0 Å². The minimum Gasteiger partial charge on any atom is -0.384 e. The number of halogens is 1. The van der Waals surface area contributed by atoms with E-state index in [2.05, 4.69) is 5.32 Å². The number of amides is 1. The third kappa shape index (κ3) is 4.29. The monoisotopic (exact) mass is 270 g/mol. The quantitative estimate of drug-likeness (QED) is 0.630. The Morgan fingerprint density at radius 3 is 2.84 bits per heavy atom. The Labute approximate surface area is 109 Å². The van der Waals surface area contributed by atoms with E-state index in [-0.39, 0.29) is 17.2 Å². The van der Waals surface area contributed by atoms with E-state index in [4.69, 9.17) is 4.74 Å². The summed E-state index contributed by atoms with van der Waals surface area (Å²) in [5.41, 5.74) is -0.657. The zero-order chi connectivity index (χ0) is 14.4. The first kappa shape index (κ1) is 15.0. The second kappa shape index (κ2) is 6.79. The molecule has 0 saturated heterocycles. The highest BCUT2D eigenvalue weighted by atomic mass is 19.1. The summed E-state index contributed by atoms with van der Waals surface area (Å²) in [4.78, 5) is 21.6. The first-order valence-corrected chi connectivity index (χ1v) is 5.66. The van der Waals surface area contributed by atoms with Gasteiger partial charge in [-0.15, -0.1) is 0 Å². The molecule has 1 N–H and O–H groups in total. The molecule has 7 heteroatoms. The fraction of sp³-hybridized carbons (Fsp3) is 0.417. The molecule has 0 aliphatic carbocycles. The van der Waals surface area contributed by atoms with E-state index in [1.54, 1.807) is 7.11 Å². The molecule has 0 bridgehead atoms. The van der Waals surface area contributed by atoms with Crippen LogP contribution in [0.2, 0.25) is 0 Å². The van der Waals surface area contributed by atoms with Gasteiger partial charge in [0.2, 0.25) is 0 Å². The zero-order valence-electron chi connectivity index (χ0n) is 10.7. The second-order valence-electron chi connectivity index (χ2n) is 4.19. The number of methoxy groups -OCH3 is 1. The van der Waals surface area contributed by atoms with Crippen LogP contribution in [0.4, 0.5) is 10.1 Å². The van der Waals surface area contributed by atoms with Crippen LogP contribution in [-0.2, 0) is 4.74 Å². The minimum atomic E-state index is -0.789. The lowest BCUT2D eigenvalue weighted by Crippen LogP contribution is -2.30. The lowest BCUT2D eigenvalue weighted by Gasteiger charge is -2.11. The molecule has 19 heavy (non-hydrogen) atoms. The number of hydrogen-bond acceptors (Lipinski definition) is 4. The van der Waals surface area contributed by atoms with Gasteiger partial charge in [0.1, 0.15) is 5.82 Å². The molecule has 1 aromatic rings. The summed E-state index contributed by atoms with van der Waals surface area (Å²) in [5.74, 6) is -1.40. The van der Waals surface area contributed by atoms with Gasteiger partial charge in [0.15, 0.2) is 0 Å². The largest absolute Gasteiger partial charge is 0.384 e. The lowest BCUT2D eigenvalue weighted by molar-refractivity contribution is -0.384. The van der Waals surface area contributed by atoms with Crippen LogP contribution in [0.3, 0.4) is 0 Å². The second-order valence-corrected chi connectivity index (χ2v) is 4.19. The molecular weight excluding hydrogens is 255 g/mol. The standard InChI is InChI=1S/C12H15FN2O4/c1-8(7-19-2)6-14-12(16)10-5-9(15(17)18)3-4-11(10)13/h3-5,8H,6-7H2,1-2H3,(H,14,16). The van der Waals surface area contributed by atoms with Crippen molar-refractivity contribution in [2.75, 3.05) is 20.3 Å². The maximum Gasteiger partial charge on any atom is 0.270 e. The van der Waals surface area contributed by atoms with E-state index >= 15 is 0 Å². The fourth-order valence-electron chi connectivity index (χ4n) is 1.51. The molecule has 1 rings (SSSR count). The SMILES string of the molecule is COCC(C)CNC(=O)c1cc([N+](=O)[O-])ccc1F. The van der Waals surface area contributed by atoms with Crippen molar-refractivity contribution in [2.45, 2.75) is 6.92 Å². The normalized spacial score (nSPS) is 11.9. The third-order valence-electron chi connectivity index (χ3n) is 2.47. The predicted molar refractivity (Wildman–Crippen MR) is 66.4 cm³/mol. The van der Waals surface area contributed by atoms with E-state index < -0.39 is 16.6 Å². The van der Waals surface area contributed by atoms with Gasteiger partial charge in [-0.3, -0.25) is 14.9 Å². The Bertz CT molecular complexity index is 479. The molecule has 104 valence electrons. The number of carbonyl (C=O) groups excluding carboxylic acids is 1. The highest BCUT2D eigenvalue weighted by Gasteiger charge is 2.17. The van der Waals surface area contributed by atoms with Crippen molar-refractivity contribution < 1.29 is 18.8 Å². The number of ether oxygens (including phenoxy) is 1. The van der Waals surface area contributed by atoms with Gasteiger partial charge in [-0.1, -0.05) is 6.92 Å². The fourth-order valence-corrected chi connectivity index (χ4v) is 1.51. The molecule has 0 aromatic heterocycles. The smallest absolute Gasteiger partial charge is 0.270 e. The van der Waals surface area contributed by atoms with E-state index in [9.17, 15) is 19.3 Å². The van der Waals surface area contributed by atoms with Gasteiger partial charge in [0.05, 0.1) is 17.1 Å². The number of nitro benzene ring substituents is 1. The van der Waals surface area contributed by atoms with Gasteiger partial charge in [0.25, 0.3) is 11.6 Å². The summed E-state index contributed by atoms with van der Waals surface area (Å²) in [7, 11) is 1.54. The van der Waals surface area contributed by atoms with Crippen molar-refractivity contribution in [3.05, 3.63) is 39.7 Å². The van der Waals surface area contributed by atoms with E-state index in [0.29, 0.717) is 13.2 Å². The summed E-state index contributed by atoms with van der Waals surface area (Å²) in [6, 6.07) is 2.84. The number of non-ortho nitro benzene ring substituents is 1. The maximum atomic E-state index is 13.4. The Morgan fingerprint density at radius 1 is 1.58 bits per heavy atom. The molecule has 1 unspecified atom stereocenters. The zero-order valence-corrected chi connectivity index (χ0v) is 10.7. The molecule has 0 radical (unpaired) electrons. The summed E-state index contributed by atoms with van der Waals surface area (Å²) >= 11 is 0. The maximum absolute atomic E-state index is 13.4. The van der Waals surface area contributed by atoms with Crippen molar-refractivity contribution in [3.8, 4) is 0 Å². The van der Waals surface area contributed by atoms with Crippen LogP contribution >= 0.6 is 0 Å². The van der Waals surface area contributed by atoms with Crippen molar-refractivity contribution in [2.24, 2.45) is 5.92 Å². The van der Waals surface area contributed by atoms with E-state index in [1.807, 2.05) is 6.92 Å². The molecule has 0 saturated carbocycles. The van der Waals surface area contributed by atoms with Gasteiger partial charge in [-0.05, 0) is 12.0 Å². The average molecular weight is 270 g/mol. The molecular formula is C12H15FN2O4. The van der Waals surface area contributed by atoms with Gasteiger partial charge in [0, 0.05) is 25.8 Å². The van der Waals surface area contributed by atoms with Crippen LogP contribution in [0.15, 0.2) is 18.2 Å². The number of hydrogen-bond donors (Lipinski definition) is 1. The third-order valence-corrected chi connectivity index (χ3v) is 2.47. The van der Waals surface area contributed by atoms with Crippen LogP contribution < -0.4 is 5.32 Å².